The van der Waals surface area contributed by atoms with Crippen LogP contribution in [0.4, 0.5) is 0 Å². The largest absolute Gasteiger partial charge is 0.390 e. The summed E-state index contributed by atoms with van der Waals surface area (Å²) >= 11 is 0. The fraction of sp³-hybridized carbons (Fsp3) is 0.467. The summed E-state index contributed by atoms with van der Waals surface area (Å²) in [6.45, 7) is 6.15. The standard InChI is InChI=1S/C15H20O/c1-3-15(16)9-8-13-6-4-5-7-14(13)10-12(2)11-15/h4-7,16H,2-3,8-11H2,1H3. The molecule has 2 rings (SSSR count). The highest BCUT2D eigenvalue weighted by atomic mass is 16.3. The van der Waals surface area contributed by atoms with Crippen LogP contribution in [0.2, 0.25) is 0 Å². The molecule has 16 heavy (non-hydrogen) atoms. The van der Waals surface area contributed by atoms with Crippen molar-refractivity contribution < 1.29 is 5.11 Å². The van der Waals surface area contributed by atoms with E-state index in [-0.39, 0.29) is 0 Å². The average Bonchev–Trinajstić information content (AvgIpc) is 2.26. The van der Waals surface area contributed by atoms with Crippen LogP contribution in [0.25, 0.3) is 0 Å². The van der Waals surface area contributed by atoms with E-state index in [0.29, 0.717) is 0 Å². The van der Waals surface area contributed by atoms with Gasteiger partial charge in [0.25, 0.3) is 0 Å². The van der Waals surface area contributed by atoms with Crippen LogP contribution in [0, 0.1) is 0 Å². The first-order valence-corrected chi connectivity index (χ1v) is 6.09. The topological polar surface area (TPSA) is 20.2 Å². The molecular formula is C15H20O. The average molecular weight is 216 g/mol. The van der Waals surface area contributed by atoms with Crippen molar-refractivity contribution in [3.8, 4) is 0 Å². The number of hydrogen-bond donors (Lipinski definition) is 1. The lowest BCUT2D eigenvalue weighted by Crippen LogP contribution is -2.30. The van der Waals surface area contributed by atoms with E-state index in [0.717, 1.165) is 37.7 Å². The summed E-state index contributed by atoms with van der Waals surface area (Å²) in [6.07, 6.45) is 4.30. The van der Waals surface area contributed by atoms with E-state index in [9.17, 15) is 5.11 Å². The molecule has 86 valence electrons. The molecule has 1 N–H and O–H groups in total. The Morgan fingerprint density at radius 3 is 2.69 bits per heavy atom. The number of aryl methyl sites for hydroxylation is 1. The van der Waals surface area contributed by atoms with Gasteiger partial charge in [0.1, 0.15) is 0 Å². The summed E-state index contributed by atoms with van der Waals surface area (Å²) in [4.78, 5) is 0. The van der Waals surface area contributed by atoms with Gasteiger partial charge in [0.05, 0.1) is 5.60 Å². The molecule has 0 spiro atoms. The Labute approximate surface area is 97.8 Å². The van der Waals surface area contributed by atoms with Gasteiger partial charge in [0.2, 0.25) is 0 Å². The van der Waals surface area contributed by atoms with Crippen LogP contribution in [-0.4, -0.2) is 10.7 Å². The Morgan fingerprint density at radius 1 is 1.31 bits per heavy atom. The second-order valence-corrected chi connectivity index (χ2v) is 4.95. The first-order valence-electron chi connectivity index (χ1n) is 6.09. The molecule has 0 saturated heterocycles. The van der Waals surface area contributed by atoms with Gasteiger partial charge in [-0.05, 0) is 43.2 Å². The van der Waals surface area contributed by atoms with E-state index in [1.54, 1.807) is 0 Å². The van der Waals surface area contributed by atoms with Crippen LogP contribution in [0.15, 0.2) is 36.4 Å². The molecule has 1 aromatic carbocycles. The van der Waals surface area contributed by atoms with Crippen molar-refractivity contribution in [1.82, 2.24) is 0 Å². The lowest BCUT2D eigenvalue weighted by Gasteiger charge is -2.30. The van der Waals surface area contributed by atoms with Gasteiger partial charge in [-0.1, -0.05) is 43.3 Å². The lowest BCUT2D eigenvalue weighted by molar-refractivity contribution is 0.0268. The highest BCUT2D eigenvalue weighted by Gasteiger charge is 2.27. The van der Waals surface area contributed by atoms with E-state index < -0.39 is 5.60 Å². The molecule has 1 unspecified atom stereocenters. The zero-order valence-electron chi connectivity index (χ0n) is 10.00. The monoisotopic (exact) mass is 216 g/mol. The van der Waals surface area contributed by atoms with Gasteiger partial charge in [-0.2, -0.15) is 0 Å². The molecule has 1 atom stereocenters. The highest BCUT2D eigenvalue weighted by molar-refractivity contribution is 5.32. The summed E-state index contributed by atoms with van der Waals surface area (Å²) < 4.78 is 0. The van der Waals surface area contributed by atoms with Crippen LogP contribution in [0.1, 0.15) is 37.3 Å². The normalized spacial score (nSPS) is 25.8. The van der Waals surface area contributed by atoms with Crippen LogP contribution in [-0.2, 0) is 12.8 Å². The summed E-state index contributed by atoms with van der Waals surface area (Å²) in [6, 6.07) is 8.51. The van der Waals surface area contributed by atoms with Crippen molar-refractivity contribution in [2.75, 3.05) is 0 Å². The predicted octanol–water partition coefficient (Wildman–Crippen LogP) is 3.26. The van der Waals surface area contributed by atoms with Crippen molar-refractivity contribution >= 4 is 0 Å². The number of hydrogen-bond acceptors (Lipinski definition) is 1. The van der Waals surface area contributed by atoms with Gasteiger partial charge in [-0.3, -0.25) is 0 Å². The molecule has 0 saturated carbocycles. The van der Waals surface area contributed by atoms with Crippen LogP contribution >= 0.6 is 0 Å². The van der Waals surface area contributed by atoms with Gasteiger partial charge in [0.15, 0.2) is 0 Å². The zero-order chi connectivity index (χ0) is 11.6. The molecule has 0 fully saturated rings. The maximum absolute atomic E-state index is 10.4. The summed E-state index contributed by atoms with van der Waals surface area (Å²) in [5, 5.41) is 10.4. The molecule has 1 aromatic rings. The third-order valence-corrected chi connectivity index (χ3v) is 3.66. The molecule has 1 heteroatoms. The molecule has 0 radical (unpaired) electrons. The molecule has 1 aliphatic rings. The van der Waals surface area contributed by atoms with E-state index in [1.807, 2.05) is 0 Å². The predicted molar refractivity (Wildman–Crippen MR) is 67.5 cm³/mol. The van der Waals surface area contributed by atoms with Gasteiger partial charge in [-0.25, -0.2) is 0 Å². The second kappa shape index (κ2) is 4.42. The number of fused-ring (bicyclic) bond motifs is 1. The number of benzene rings is 1. The third kappa shape index (κ3) is 2.35. The van der Waals surface area contributed by atoms with E-state index >= 15 is 0 Å². The Balaban J connectivity index is 2.29. The first-order chi connectivity index (χ1) is 7.63. The number of rotatable bonds is 1. The Bertz CT molecular complexity index is 394. The van der Waals surface area contributed by atoms with Crippen molar-refractivity contribution in [3.05, 3.63) is 47.5 Å². The SMILES string of the molecule is C=C1Cc2ccccc2CCC(O)(CC)C1. The van der Waals surface area contributed by atoms with Crippen LogP contribution in [0.5, 0.6) is 0 Å². The smallest absolute Gasteiger partial charge is 0.0685 e. The summed E-state index contributed by atoms with van der Waals surface area (Å²) in [5.41, 5.74) is 3.36. The molecule has 0 bridgehead atoms. The minimum absolute atomic E-state index is 0.537. The molecular weight excluding hydrogens is 196 g/mol. The molecule has 1 aliphatic carbocycles. The van der Waals surface area contributed by atoms with Gasteiger partial charge in [-0.15, -0.1) is 0 Å². The van der Waals surface area contributed by atoms with Crippen molar-refractivity contribution in [2.24, 2.45) is 0 Å². The van der Waals surface area contributed by atoms with Crippen molar-refractivity contribution in [3.63, 3.8) is 0 Å². The molecule has 0 amide bonds. The maximum atomic E-state index is 10.4. The minimum atomic E-state index is -0.537. The van der Waals surface area contributed by atoms with Crippen molar-refractivity contribution in [1.29, 1.82) is 0 Å². The molecule has 0 heterocycles. The Hall–Kier alpha value is -1.08. The molecule has 0 aromatic heterocycles. The van der Waals surface area contributed by atoms with Crippen molar-refractivity contribution in [2.45, 2.75) is 44.6 Å². The first kappa shape index (κ1) is 11.4. The minimum Gasteiger partial charge on any atom is -0.390 e. The fourth-order valence-electron chi connectivity index (χ4n) is 2.53. The zero-order valence-corrected chi connectivity index (χ0v) is 10.00. The number of aliphatic hydroxyl groups is 1. The van der Waals surface area contributed by atoms with E-state index in [1.165, 1.54) is 11.1 Å². The Morgan fingerprint density at radius 2 is 2.00 bits per heavy atom. The summed E-state index contributed by atoms with van der Waals surface area (Å²) in [5.74, 6) is 0. The lowest BCUT2D eigenvalue weighted by atomic mass is 9.81. The summed E-state index contributed by atoms with van der Waals surface area (Å²) in [7, 11) is 0. The van der Waals surface area contributed by atoms with Crippen LogP contribution in [0.3, 0.4) is 0 Å². The van der Waals surface area contributed by atoms with Gasteiger partial charge >= 0.3 is 0 Å². The van der Waals surface area contributed by atoms with Gasteiger partial charge < -0.3 is 5.11 Å². The molecule has 1 nitrogen and oxygen atoms in total. The van der Waals surface area contributed by atoms with E-state index in [4.69, 9.17) is 0 Å². The fourth-order valence-corrected chi connectivity index (χ4v) is 2.53. The Kier molecular flexibility index (Phi) is 3.15. The van der Waals surface area contributed by atoms with Crippen LogP contribution < -0.4 is 0 Å². The third-order valence-electron chi connectivity index (χ3n) is 3.66. The van der Waals surface area contributed by atoms with E-state index in [2.05, 4.69) is 37.8 Å². The highest BCUT2D eigenvalue weighted by Crippen LogP contribution is 2.31. The molecule has 0 aliphatic heterocycles. The van der Waals surface area contributed by atoms with Gasteiger partial charge in [0, 0.05) is 0 Å². The second-order valence-electron chi connectivity index (χ2n) is 4.95. The maximum Gasteiger partial charge on any atom is 0.0685 e. The quantitative estimate of drug-likeness (QED) is 0.714.